The van der Waals surface area contributed by atoms with E-state index in [0.717, 1.165) is 25.0 Å². The van der Waals surface area contributed by atoms with Crippen LogP contribution in [0.1, 0.15) is 29.4 Å². The number of hydrogen-bond donors (Lipinski definition) is 3. The molecule has 0 atom stereocenters. The molecule has 3 aromatic rings. The number of carbonyl (C=O) groups excluding carboxylic acids is 1. The molecule has 1 aromatic heterocycles. The Morgan fingerprint density at radius 3 is 2.27 bits per heavy atom. The predicted molar refractivity (Wildman–Crippen MR) is 107 cm³/mol. The van der Waals surface area contributed by atoms with Gasteiger partial charge >= 0.3 is 59.1 Å². The molecule has 0 radical (unpaired) electrons. The van der Waals surface area contributed by atoms with Crippen LogP contribution in [0.2, 0.25) is 0 Å². The van der Waals surface area contributed by atoms with Gasteiger partial charge in [0, 0.05) is 23.0 Å². The largest absolute Gasteiger partial charge is 1.00 e. The molecule has 166 valence electrons. The van der Waals surface area contributed by atoms with Gasteiger partial charge in [0.15, 0.2) is 0 Å². The van der Waals surface area contributed by atoms with Gasteiger partial charge in [0.1, 0.15) is 20.7 Å². The quantitative estimate of drug-likeness (QED) is 0.215. The first kappa shape index (κ1) is 30.4. The first-order valence-electron chi connectivity index (χ1n) is 8.74. The maximum Gasteiger partial charge on any atom is 1.00 e. The van der Waals surface area contributed by atoms with E-state index in [9.17, 15) is 30.7 Å². The molecule has 4 N–H and O–H groups in total. The zero-order chi connectivity index (χ0) is 21.8. The monoisotopic (exact) mass is 531 g/mol. The Balaban J connectivity index is 0.00000181. The minimum atomic E-state index is -5.13. The molecular weight excluding hydrogens is 516 g/mol. The fourth-order valence-electron chi connectivity index (χ4n) is 3.42. The van der Waals surface area contributed by atoms with E-state index in [1.54, 1.807) is 10.8 Å². The summed E-state index contributed by atoms with van der Waals surface area (Å²) in [6.45, 7) is 0. The van der Waals surface area contributed by atoms with Crippen LogP contribution in [-0.4, -0.2) is 36.4 Å². The van der Waals surface area contributed by atoms with Gasteiger partial charge in [-0.1, -0.05) is 18.2 Å². The van der Waals surface area contributed by atoms with E-state index >= 15 is 0 Å². The number of anilines is 2. The number of nitrogens with zero attached hydrogens (tertiary/aromatic N) is 1. The van der Waals surface area contributed by atoms with Gasteiger partial charge in [-0.25, -0.2) is 8.42 Å². The maximum absolute atomic E-state index is 12.8. The third kappa shape index (κ3) is 6.33. The third-order valence-corrected chi connectivity index (χ3v) is 6.64. The van der Waals surface area contributed by atoms with Crippen LogP contribution in [-0.2, 0) is 20.2 Å². The minimum absolute atomic E-state index is 0. The van der Waals surface area contributed by atoms with Crippen LogP contribution in [0.3, 0.4) is 0 Å². The van der Waals surface area contributed by atoms with Crippen molar-refractivity contribution in [1.82, 2.24) is 4.57 Å². The molecule has 0 saturated heterocycles. The van der Waals surface area contributed by atoms with Crippen LogP contribution >= 0.6 is 0 Å². The fourth-order valence-corrected chi connectivity index (χ4v) is 4.96. The van der Waals surface area contributed by atoms with Crippen LogP contribution < -0.4 is 82.6 Å². The Kier molecular flexibility index (Phi) is 10.1. The molecule has 2 aromatic carbocycles. The van der Waals surface area contributed by atoms with Crippen molar-refractivity contribution in [3.05, 3.63) is 48.3 Å². The van der Waals surface area contributed by atoms with E-state index in [-0.39, 0.29) is 99.7 Å². The van der Waals surface area contributed by atoms with Crippen LogP contribution in [0.25, 0.3) is 10.8 Å². The van der Waals surface area contributed by atoms with Crippen molar-refractivity contribution in [1.29, 1.82) is 0 Å². The molecule has 1 aliphatic carbocycles. The van der Waals surface area contributed by atoms with E-state index in [2.05, 4.69) is 5.32 Å². The molecule has 0 spiro atoms. The summed E-state index contributed by atoms with van der Waals surface area (Å²) in [4.78, 5) is 11.4. The maximum atomic E-state index is 12.8. The molecule has 33 heavy (non-hydrogen) atoms. The molecule has 1 amide bonds. The van der Waals surface area contributed by atoms with Crippen molar-refractivity contribution in [2.45, 2.75) is 28.7 Å². The number of nitrogens with two attached hydrogens (primary N) is 1. The number of hydrogen-bond acceptors (Lipinski definition) is 7. The number of nitrogen functional groups attached to an aromatic ring is 1. The summed E-state index contributed by atoms with van der Waals surface area (Å²) in [6.07, 6.45) is 3.36. The molecule has 0 unspecified atom stereocenters. The molecule has 1 aliphatic rings. The van der Waals surface area contributed by atoms with E-state index in [4.69, 9.17) is 5.73 Å². The van der Waals surface area contributed by atoms with Crippen LogP contribution in [0.5, 0.6) is 0 Å². The van der Waals surface area contributed by atoms with Crippen molar-refractivity contribution < 1.29 is 102 Å². The van der Waals surface area contributed by atoms with E-state index in [1.165, 1.54) is 24.3 Å². The summed E-state index contributed by atoms with van der Waals surface area (Å²) in [5, 5.41) is 2.00. The molecule has 1 saturated carbocycles. The summed E-state index contributed by atoms with van der Waals surface area (Å²) < 4.78 is 70.3. The fraction of sp³-hybridized carbons (Fsp3) is 0.167. The van der Waals surface area contributed by atoms with Gasteiger partial charge in [-0.3, -0.25) is 9.35 Å². The molecule has 1 heterocycles. The van der Waals surface area contributed by atoms with Crippen molar-refractivity contribution in [2.24, 2.45) is 0 Å². The average molecular weight is 532 g/mol. The SMILES string of the molecule is Nc1cc(C(=O)Nc2ccc3c(S(=O)(=O)O)cccc3c2S(=O)(=O)[O-])n(C2CC2)c1.[Cl-].[Na+].[Na+]. The van der Waals surface area contributed by atoms with Crippen molar-refractivity contribution >= 4 is 48.3 Å². The van der Waals surface area contributed by atoms with Crippen molar-refractivity contribution in [3.8, 4) is 0 Å². The molecule has 0 aliphatic heterocycles. The summed E-state index contributed by atoms with van der Waals surface area (Å²) in [6, 6.07) is 7.35. The van der Waals surface area contributed by atoms with E-state index in [1.807, 2.05) is 0 Å². The second kappa shape index (κ2) is 11.0. The van der Waals surface area contributed by atoms with Gasteiger partial charge < -0.3 is 32.6 Å². The summed E-state index contributed by atoms with van der Waals surface area (Å²) in [5.74, 6) is -0.672. The van der Waals surface area contributed by atoms with Gasteiger partial charge in [0.2, 0.25) is 0 Å². The van der Waals surface area contributed by atoms with Gasteiger partial charge in [-0.15, -0.1) is 0 Å². The number of aromatic nitrogens is 1. The topological polar surface area (TPSA) is 172 Å². The van der Waals surface area contributed by atoms with E-state index in [0.29, 0.717) is 5.69 Å². The Morgan fingerprint density at radius 2 is 1.73 bits per heavy atom. The summed E-state index contributed by atoms with van der Waals surface area (Å²) >= 11 is 0. The molecule has 0 bridgehead atoms. The predicted octanol–water partition coefficient (Wildman–Crippen LogP) is -7.03. The van der Waals surface area contributed by atoms with Crippen molar-refractivity contribution in [2.75, 3.05) is 11.1 Å². The minimum Gasteiger partial charge on any atom is -1.00 e. The number of rotatable bonds is 5. The first-order valence-corrected chi connectivity index (χ1v) is 11.6. The molecule has 15 heteroatoms. The summed E-state index contributed by atoms with van der Waals surface area (Å²) in [5.41, 5.74) is 6.04. The molecular formula is C18H16ClN3Na2O7S2. The van der Waals surface area contributed by atoms with Crippen LogP contribution in [0.4, 0.5) is 11.4 Å². The standard InChI is InChI=1S/C18H17N3O7S2.ClH.2Na/c19-10-8-15(21(9-10)11-4-5-11)18(22)20-14-7-6-12-13(17(14)30(26,27)28)2-1-3-16(12)29(23,24)25;;;/h1-3,6-9,11H,4-5,19H2,(H,20,22)(H,23,24,25)(H,26,27,28);1H;;/q;;2*+1/p-2. The number of nitrogens with one attached hydrogen (secondary N) is 1. The zero-order valence-corrected chi connectivity index (χ0v) is 24.0. The molecule has 10 nitrogen and oxygen atoms in total. The summed E-state index contributed by atoms with van der Waals surface area (Å²) in [7, 11) is -9.81. The third-order valence-electron chi connectivity index (χ3n) is 4.79. The average Bonchev–Trinajstić information content (AvgIpc) is 3.40. The van der Waals surface area contributed by atoms with Gasteiger partial charge in [-0.2, -0.15) is 8.42 Å². The number of carbonyl (C=O) groups is 1. The Bertz CT molecular complexity index is 1420. The smallest absolute Gasteiger partial charge is 1.00 e. The number of amides is 1. The molecule has 4 rings (SSSR count). The normalized spacial score (nSPS) is 13.4. The van der Waals surface area contributed by atoms with Crippen LogP contribution in [0.15, 0.2) is 52.4 Å². The number of fused-ring (bicyclic) bond motifs is 1. The van der Waals surface area contributed by atoms with Gasteiger partial charge in [0.05, 0.1) is 16.3 Å². The second-order valence-corrected chi connectivity index (χ2v) is 9.68. The zero-order valence-electron chi connectivity index (χ0n) is 17.6. The molecule has 1 fully saturated rings. The Hall–Kier alpha value is -0.640. The Labute approximate surface area is 240 Å². The second-order valence-electron chi connectivity index (χ2n) is 6.97. The van der Waals surface area contributed by atoms with Gasteiger partial charge in [0.25, 0.3) is 16.0 Å². The van der Waals surface area contributed by atoms with E-state index < -0.39 is 35.9 Å². The number of benzene rings is 2. The van der Waals surface area contributed by atoms with Crippen LogP contribution in [0, 0.1) is 0 Å². The Morgan fingerprint density at radius 1 is 1.09 bits per heavy atom. The first-order chi connectivity index (χ1) is 14.0. The number of halogens is 1. The van der Waals surface area contributed by atoms with Crippen molar-refractivity contribution in [3.63, 3.8) is 0 Å². The van der Waals surface area contributed by atoms with Gasteiger partial charge in [-0.05, 0) is 31.0 Å².